The van der Waals surface area contributed by atoms with Crippen LogP contribution in [0.3, 0.4) is 0 Å². The molecule has 4 N–H and O–H groups in total. The summed E-state index contributed by atoms with van der Waals surface area (Å²) in [5.41, 5.74) is -0.724. The maximum atomic E-state index is 8.92. The molecule has 0 aliphatic carbocycles. The van der Waals surface area contributed by atoms with Crippen LogP contribution in [0.25, 0.3) is 0 Å². The summed E-state index contributed by atoms with van der Waals surface area (Å²) in [6, 6.07) is 0. The largest absolute Gasteiger partial charge is 0.394 e. The van der Waals surface area contributed by atoms with Gasteiger partial charge in [-0.1, -0.05) is 0 Å². The molecule has 0 atom stereocenters. The lowest BCUT2D eigenvalue weighted by atomic mass is 10.1. The van der Waals surface area contributed by atoms with E-state index < -0.39 is 5.54 Å². The van der Waals surface area contributed by atoms with Gasteiger partial charge in [0.1, 0.15) is 0 Å². The zero-order valence-corrected chi connectivity index (χ0v) is 7.76. The summed E-state index contributed by atoms with van der Waals surface area (Å²) in [6.45, 7) is 1.41. The summed E-state index contributed by atoms with van der Waals surface area (Å²) >= 11 is 0. The number of guanidine groups is 1. The van der Waals surface area contributed by atoms with Gasteiger partial charge in [-0.05, 0) is 6.92 Å². The molecule has 0 unspecified atom stereocenters. The normalized spacial score (nSPS) is 12.9. The summed E-state index contributed by atoms with van der Waals surface area (Å²) < 4.78 is 0. The van der Waals surface area contributed by atoms with Crippen molar-refractivity contribution in [2.24, 2.45) is 4.99 Å². The van der Waals surface area contributed by atoms with E-state index in [0.29, 0.717) is 5.96 Å². The third kappa shape index (κ3) is 3.06. The van der Waals surface area contributed by atoms with Crippen molar-refractivity contribution >= 4 is 5.96 Å². The summed E-state index contributed by atoms with van der Waals surface area (Å²) in [7, 11) is 3.33. The molecule has 72 valence electrons. The van der Waals surface area contributed by atoms with E-state index in [4.69, 9.17) is 10.2 Å². The fourth-order valence-electron chi connectivity index (χ4n) is 0.645. The zero-order valence-electron chi connectivity index (χ0n) is 7.76. The van der Waals surface area contributed by atoms with E-state index in [1.807, 2.05) is 0 Å². The minimum absolute atomic E-state index is 0.149. The molecule has 12 heavy (non-hydrogen) atoms. The molecule has 0 fully saturated rings. The molecule has 0 aromatic heterocycles. The highest BCUT2D eigenvalue weighted by atomic mass is 16.3. The Labute approximate surface area is 72.5 Å². The molecule has 5 nitrogen and oxygen atoms in total. The van der Waals surface area contributed by atoms with Gasteiger partial charge in [-0.15, -0.1) is 0 Å². The molecule has 0 saturated carbocycles. The summed E-state index contributed by atoms with van der Waals surface area (Å²) in [5.74, 6) is 0.542. The van der Waals surface area contributed by atoms with Crippen LogP contribution in [0.2, 0.25) is 0 Å². The van der Waals surface area contributed by atoms with Crippen molar-refractivity contribution in [1.29, 1.82) is 0 Å². The molecule has 0 saturated heterocycles. The van der Waals surface area contributed by atoms with Crippen LogP contribution in [-0.2, 0) is 0 Å². The first-order valence-electron chi connectivity index (χ1n) is 3.76. The maximum Gasteiger partial charge on any atom is 0.191 e. The molecule has 5 heteroatoms. The zero-order chi connectivity index (χ0) is 9.61. The second-order valence-electron chi connectivity index (χ2n) is 2.82. The molecule has 0 spiro atoms. The van der Waals surface area contributed by atoms with Crippen LogP contribution in [-0.4, -0.2) is 49.0 Å². The minimum atomic E-state index is -0.724. The van der Waals surface area contributed by atoms with Gasteiger partial charge in [0.15, 0.2) is 5.96 Å². The Morgan fingerprint density at radius 3 is 2.17 bits per heavy atom. The Kier molecular flexibility index (Phi) is 4.61. The van der Waals surface area contributed by atoms with E-state index in [1.54, 1.807) is 21.0 Å². The molecule has 0 amide bonds. The van der Waals surface area contributed by atoms with E-state index in [2.05, 4.69) is 15.6 Å². The van der Waals surface area contributed by atoms with Crippen LogP contribution in [0.15, 0.2) is 4.99 Å². The standard InChI is InChI=1S/C7H17N3O2/c1-7(4-11,5-12)10-6(8-2)9-3/h11-12H,4-5H2,1-3H3,(H2,8,9,10). The summed E-state index contributed by atoms with van der Waals surface area (Å²) in [4.78, 5) is 3.86. The van der Waals surface area contributed by atoms with E-state index in [0.717, 1.165) is 0 Å². The average molecular weight is 175 g/mol. The number of hydrogen-bond donors (Lipinski definition) is 4. The lowest BCUT2D eigenvalue weighted by molar-refractivity contribution is 0.118. The van der Waals surface area contributed by atoms with Gasteiger partial charge in [-0.2, -0.15) is 0 Å². The number of nitrogens with zero attached hydrogens (tertiary/aromatic N) is 1. The number of aliphatic imine (C=N–C) groups is 1. The van der Waals surface area contributed by atoms with E-state index >= 15 is 0 Å². The van der Waals surface area contributed by atoms with Crippen molar-refractivity contribution in [3.8, 4) is 0 Å². The lowest BCUT2D eigenvalue weighted by Crippen LogP contribution is -2.54. The Morgan fingerprint density at radius 2 is 1.92 bits per heavy atom. The van der Waals surface area contributed by atoms with E-state index in [-0.39, 0.29) is 13.2 Å². The number of aliphatic hydroxyl groups excluding tert-OH is 2. The van der Waals surface area contributed by atoms with Gasteiger partial charge in [-0.25, -0.2) is 0 Å². The van der Waals surface area contributed by atoms with Gasteiger partial charge in [0.2, 0.25) is 0 Å². The predicted molar refractivity (Wildman–Crippen MR) is 48.1 cm³/mol. The molecule has 0 aliphatic rings. The Hall–Kier alpha value is -0.810. The van der Waals surface area contributed by atoms with Crippen LogP contribution < -0.4 is 10.6 Å². The second-order valence-corrected chi connectivity index (χ2v) is 2.82. The first-order valence-corrected chi connectivity index (χ1v) is 3.76. The smallest absolute Gasteiger partial charge is 0.191 e. The monoisotopic (exact) mass is 175 g/mol. The van der Waals surface area contributed by atoms with Crippen molar-refractivity contribution in [2.45, 2.75) is 12.5 Å². The van der Waals surface area contributed by atoms with E-state index in [9.17, 15) is 0 Å². The van der Waals surface area contributed by atoms with Gasteiger partial charge < -0.3 is 20.8 Å². The highest BCUT2D eigenvalue weighted by Gasteiger charge is 2.22. The topological polar surface area (TPSA) is 76.9 Å². The molecule has 0 bridgehead atoms. The first kappa shape index (κ1) is 11.2. The third-order valence-corrected chi connectivity index (χ3v) is 1.58. The van der Waals surface area contributed by atoms with Gasteiger partial charge in [0.05, 0.1) is 18.8 Å². The van der Waals surface area contributed by atoms with Crippen molar-refractivity contribution in [3.05, 3.63) is 0 Å². The Morgan fingerprint density at radius 1 is 1.42 bits per heavy atom. The number of rotatable bonds is 3. The average Bonchev–Trinajstić information content (AvgIpc) is 2.14. The number of aliphatic hydroxyl groups is 2. The number of hydrogen-bond acceptors (Lipinski definition) is 3. The van der Waals surface area contributed by atoms with E-state index in [1.165, 1.54) is 0 Å². The van der Waals surface area contributed by atoms with Crippen LogP contribution in [0.1, 0.15) is 6.92 Å². The molecular formula is C7H17N3O2. The molecule has 0 radical (unpaired) electrons. The highest BCUT2D eigenvalue weighted by molar-refractivity contribution is 5.80. The molecule has 0 heterocycles. The van der Waals surface area contributed by atoms with Gasteiger partial charge in [-0.3, -0.25) is 4.99 Å². The quantitative estimate of drug-likeness (QED) is 0.312. The molecule has 0 aliphatic heterocycles. The predicted octanol–water partition coefficient (Wildman–Crippen LogP) is -1.48. The molecule has 0 aromatic carbocycles. The van der Waals surface area contributed by atoms with Gasteiger partial charge in [0.25, 0.3) is 0 Å². The summed E-state index contributed by atoms with van der Waals surface area (Å²) in [6.07, 6.45) is 0. The van der Waals surface area contributed by atoms with Crippen LogP contribution >= 0.6 is 0 Å². The lowest BCUT2D eigenvalue weighted by Gasteiger charge is -2.27. The van der Waals surface area contributed by atoms with Crippen molar-refractivity contribution in [1.82, 2.24) is 10.6 Å². The van der Waals surface area contributed by atoms with Gasteiger partial charge >= 0.3 is 0 Å². The third-order valence-electron chi connectivity index (χ3n) is 1.58. The van der Waals surface area contributed by atoms with Crippen molar-refractivity contribution in [3.63, 3.8) is 0 Å². The fraction of sp³-hybridized carbons (Fsp3) is 0.857. The highest BCUT2D eigenvalue weighted by Crippen LogP contribution is 1.99. The van der Waals surface area contributed by atoms with Crippen LogP contribution in [0.5, 0.6) is 0 Å². The van der Waals surface area contributed by atoms with Crippen LogP contribution in [0.4, 0.5) is 0 Å². The number of nitrogens with one attached hydrogen (secondary N) is 2. The SMILES string of the molecule is CN=C(NC)NC(C)(CO)CO. The summed E-state index contributed by atoms with van der Waals surface area (Å²) in [5, 5.41) is 23.5. The Bertz CT molecular complexity index is 155. The molecular weight excluding hydrogens is 158 g/mol. The van der Waals surface area contributed by atoms with Gasteiger partial charge in [0, 0.05) is 14.1 Å². The maximum absolute atomic E-state index is 8.92. The van der Waals surface area contributed by atoms with Crippen LogP contribution in [0, 0.1) is 0 Å². The second kappa shape index (κ2) is 4.95. The molecule has 0 rings (SSSR count). The van der Waals surface area contributed by atoms with Crippen molar-refractivity contribution in [2.75, 3.05) is 27.3 Å². The fourth-order valence-corrected chi connectivity index (χ4v) is 0.645. The van der Waals surface area contributed by atoms with Crippen molar-refractivity contribution < 1.29 is 10.2 Å². The first-order chi connectivity index (χ1) is 5.61. The Balaban J connectivity index is 4.19. The molecule has 0 aromatic rings. The minimum Gasteiger partial charge on any atom is -0.394 e.